The highest BCUT2D eigenvalue weighted by molar-refractivity contribution is 8.25. The van der Waals surface area contributed by atoms with E-state index in [2.05, 4.69) is 5.75 Å². The molecule has 0 spiro atoms. The Labute approximate surface area is 63.6 Å². The van der Waals surface area contributed by atoms with Gasteiger partial charge < -0.3 is 0 Å². The molecule has 0 unspecified atom stereocenters. The molecule has 2 nitrogen and oxygen atoms in total. The van der Waals surface area contributed by atoms with Crippen molar-refractivity contribution in [3.8, 4) is 0 Å². The van der Waals surface area contributed by atoms with E-state index in [1.807, 2.05) is 6.92 Å². The van der Waals surface area contributed by atoms with Crippen molar-refractivity contribution in [2.24, 2.45) is 0 Å². The fraction of sp³-hybridized carbons (Fsp3) is 0.400. The largest absolute Gasteiger partial charge is 0.297 e. The quantitative estimate of drug-likeness (QED) is 0.530. The van der Waals surface area contributed by atoms with E-state index in [1.54, 1.807) is 0 Å². The molecule has 9 heavy (non-hydrogen) atoms. The highest BCUT2D eigenvalue weighted by atomic mass is 32.2. The number of carbonyl (C=O) groups excluding carboxylic acids is 1. The van der Waals surface area contributed by atoms with E-state index in [0.717, 1.165) is 0 Å². The van der Waals surface area contributed by atoms with Crippen LogP contribution in [0.5, 0.6) is 0 Å². The molecule has 0 aromatic carbocycles. The Hall–Kier alpha value is -0.0900. The molecular formula is C5H5NOS2. The molecule has 0 aromatic rings. The zero-order valence-corrected chi connectivity index (χ0v) is 6.51. The summed E-state index contributed by atoms with van der Waals surface area (Å²) in [6.45, 7) is 2.54. The van der Waals surface area contributed by atoms with Crippen LogP contribution < -0.4 is 0 Å². The smallest absolute Gasteiger partial charge is 0.248 e. The van der Waals surface area contributed by atoms with Crippen molar-refractivity contribution in [1.82, 2.24) is 4.90 Å². The first kappa shape index (κ1) is 7.02. The van der Waals surface area contributed by atoms with Gasteiger partial charge in [-0.05, 0) is 6.92 Å². The van der Waals surface area contributed by atoms with Crippen LogP contribution in [-0.4, -0.2) is 21.7 Å². The Bertz CT molecular complexity index is 141. The third-order valence-electron chi connectivity index (χ3n) is 1.01. The lowest BCUT2D eigenvalue weighted by Gasteiger charge is -2.09. The van der Waals surface area contributed by atoms with E-state index in [0.29, 0.717) is 10.9 Å². The monoisotopic (exact) mass is 159 g/mol. The highest BCUT2D eigenvalue weighted by Gasteiger charge is 2.25. The van der Waals surface area contributed by atoms with Crippen LogP contribution in [0.25, 0.3) is 0 Å². The molecule has 0 bridgehead atoms. The first-order valence-electron chi connectivity index (χ1n) is 2.54. The number of rotatable bonds is 1. The van der Waals surface area contributed by atoms with Gasteiger partial charge in [-0.15, -0.1) is 0 Å². The fourth-order valence-electron chi connectivity index (χ4n) is 0.553. The van der Waals surface area contributed by atoms with Crippen LogP contribution in [0, 0.1) is 5.75 Å². The van der Waals surface area contributed by atoms with Gasteiger partial charge in [-0.3, -0.25) is 9.69 Å². The van der Waals surface area contributed by atoms with E-state index in [9.17, 15) is 4.79 Å². The lowest BCUT2D eigenvalue weighted by atomic mass is 10.6. The van der Waals surface area contributed by atoms with Crippen molar-refractivity contribution in [1.29, 1.82) is 0 Å². The van der Waals surface area contributed by atoms with E-state index < -0.39 is 0 Å². The number of hydrogen-bond acceptors (Lipinski definition) is 3. The number of thioether (sulfide) groups is 1. The van der Waals surface area contributed by atoms with Gasteiger partial charge in [0.1, 0.15) is 4.32 Å². The Kier molecular flexibility index (Phi) is 2.08. The second-order valence-corrected chi connectivity index (χ2v) is 2.96. The molecule has 2 radical (unpaired) electrons. The topological polar surface area (TPSA) is 20.3 Å². The first-order valence-corrected chi connectivity index (χ1v) is 3.76. The molecule has 0 aliphatic carbocycles. The molecule has 1 aliphatic heterocycles. The summed E-state index contributed by atoms with van der Waals surface area (Å²) >= 11 is 6.02. The second kappa shape index (κ2) is 2.66. The second-order valence-electron chi connectivity index (χ2n) is 1.52. The van der Waals surface area contributed by atoms with Crippen LogP contribution in [0.2, 0.25) is 0 Å². The van der Waals surface area contributed by atoms with Crippen LogP contribution in [0.1, 0.15) is 6.92 Å². The predicted molar refractivity (Wildman–Crippen MR) is 40.8 cm³/mol. The summed E-state index contributed by atoms with van der Waals surface area (Å²) < 4.78 is 0.613. The van der Waals surface area contributed by atoms with Crippen molar-refractivity contribution < 1.29 is 4.79 Å². The van der Waals surface area contributed by atoms with Gasteiger partial charge in [0.2, 0.25) is 5.91 Å². The van der Waals surface area contributed by atoms with Gasteiger partial charge in [0.25, 0.3) is 0 Å². The fourth-order valence-corrected chi connectivity index (χ4v) is 1.50. The van der Waals surface area contributed by atoms with Crippen LogP contribution in [0.15, 0.2) is 0 Å². The van der Waals surface area contributed by atoms with Gasteiger partial charge in [-0.2, -0.15) is 0 Å². The Morgan fingerprint density at radius 1 is 1.89 bits per heavy atom. The molecule has 1 amide bonds. The zero-order valence-electron chi connectivity index (χ0n) is 4.88. The third kappa shape index (κ3) is 1.24. The summed E-state index contributed by atoms with van der Waals surface area (Å²) in [5.41, 5.74) is 0. The maximum Gasteiger partial charge on any atom is 0.248 e. The first-order chi connectivity index (χ1) is 4.25. The van der Waals surface area contributed by atoms with Gasteiger partial charge >= 0.3 is 0 Å². The van der Waals surface area contributed by atoms with Gasteiger partial charge in [0.15, 0.2) is 5.75 Å². The molecule has 4 heteroatoms. The summed E-state index contributed by atoms with van der Waals surface area (Å²) in [5.74, 6) is 2.43. The van der Waals surface area contributed by atoms with E-state index in [4.69, 9.17) is 12.2 Å². The SMILES string of the molecule is CCN1C(=O)[C]SC1=S. The summed E-state index contributed by atoms with van der Waals surface area (Å²) in [4.78, 5) is 12.2. The normalized spacial score (nSPS) is 19.4. The van der Waals surface area contributed by atoms with Crippen molar-refractivity contribution >= 4 is 34.2 Å². The summed E-state index contributed by atoms with van der Waals surface area (Å²) in [6, 6.07) is 0. The maximum absolute atomic E-state index is 10.7. The number of amides is 1. The predicted octanol–water partition coefficient (Wildman–Crippen LogP) is 0.905. The number of carbonyl (C=O) groups is 1. The molecule has 1 heterocycles. The molecule has 0 aromatic heterocycles. The molecule has 1 aliphatic rings. The van der Waals surface area contributed by atoms with E-state index in [1.165, 1.54) is 16.7 Å². The van der Waals surface area contributed by atoms with Crippen molar-refractivity contribution in [3.05, 3.63) is 5.75 Å². The third-order valence-corrected chi connectivity index (χ3v) is 2.15. The van der Waals surface area contributed by atoms with Crippen molar-refractivity contribution in [2.75, 3.05) is 6.54 Å². The summed E-state index contributed by atoms with van der Waals surface area (Å²) in [7, 11) is 0. The molecular weight excluding hydrogens is 154 g/mol. The van der Waals surface area contributed by atoms with Crippen LogP contribution in [-0.2, 0) is 4.79 Å². The van der Waals surface area contributed by atoms with Gasteiger partial charge in [-0.25, -0.2) is 0 Å². The van der Waals surface area contributed by atoms with E-state index >= 15 is 0 Å². The summed E-state index contributed by atoms with van der Waals surface area (Å²) in [6.07, 6.45) is 0. The molecule has 48 valence electrons. The number of hydrogen-bond donors (Lipinski definition) is 0. The molecule has 0 saturated carbocycles. The van der Waals surface area contributed by atoms with Crippen molar-refractivity contribution in [3.63, 3.8) is 0 Å². The molecule has 1 fully saturated rings. The lowest BCUT2D eigenvalue weighted by Crippen LogP contribution is -2.26. The zero-order chi connectivity index (χ0) is 6.85. The number of thiocarbonyl (C=S) groups is 1. The summed E-state index contributed by atoms with van der Waals surface area (Å²) in [5, 5.41) is 0. The molecule has 1 saturated heterocycles. The molecule has 0 atom stereocenters. The minimum Gasteiger partial charge on any atom is -0.297 e. The van der Waals surface area contributed by atoms with Crippen LogP contribution in [0.3, 0.4) is 0 Å². The standard InChI is InChI=1S/C5H5NOS2/c1-2-6-4(7)3-9-5(6)8/h2H2,1H3. The van der Waals surface area contributed by atoms with Gasteiger partial charge in [0, 0.05) is 6.54 Å². The average molecular weight is 159 g/mol. The van der Waals surface area contributed by atoms with E-state index in [-0.39, 0.29) is 5.91 Å². The Balaban J connectivity index is 2.66. The average Bonchev–Trinajstić information content (AvgIpc) is 2.12. The van der Waals surface area contributed by atoms with Crippen molar-refractivity contribution in [2.45, 2.75) is 6.92 Å². The van der Waals surface area contributed by atoms with Gasteiger partial charge in [0.05, 0.1) is 0 Å². The highest BCUT2D eigenvalue weighted by Crippen LogP contribution is 2.22. The minimum atomic E-state index is -0.104. The van der Waals surface area contributed by atoms with Gasteiger partial charge in [-0.1, -0.05) is 24.0 Å². The Morgan fingerprint density at radius 3 is 2.78 bits per heavy atom. The maximum atomic E-state index is 10.7. The minimum absolute atomic E-state index is 0.104. The lowest BCUT2D eigenvalue weighted by molar-refractivity contribution is -0.122. The van der Waals surface area contributed by atoms with Crippen LogP contribution in [0.4, 0.5) is 0 Å². The molecule has 1 rings (SSSR count). The Morgan fingerprint density at radius 2 is 2.56 bits per heavy atom. The van der Waals surface area contributed by atoms with Crippen LogP contribution >= 0.6 is 24.0 Å². The number of nitrogens with zero attached hydrogens (tertiary/aromatic N) is 1. The molecule has 0 N–H and O–H groups in total.